The van der Waals surface area contributed by atoms with Crippen molar-refractivity contribution in [2.75, 3.05) is 0 Å². The zero-order valence-corrected chi connectivity index (χ0v) is 6.80. The fourth-order valence-electron chi connectivity index (χ4n) is 1.22. The molecule has 0 amide bonds. The fraction of sp³-hybridized carbons (Fsp3) is 0.444. The van der Waals surface area contributed by atoms with E-state index in [1.54, 1.807) is 6.08 Å². The van der Waals surface area contributed by atoms with Gasteiger partial charge in [-0.3, -0.25) is 0 Å². The lowest BCUT2D eigenvalue weighted by molar-refractivity contribution is -0.0950. The van der Waals surface area contributed by atoms with Gasteiger partial charge in [0.1, 0.15) is 0 Å². The fourth-order valence-corrected chi connectivity index (χ4v) is 1.22. The summed E-state index contributed by atoms with van der Waals surface area (Å²) in [6.07, 6.45) is -0.114. The largest absolute Gasteiger partial charge is 0.412 e. The zero-order chi connectivity index (χ0) is 9.90. The Bertz CT molecular complexity index is 280. The molecule has 13 heavy (non-hydrogen) atoms. The molecule has 1 rings (SSSR count). The topological polar surface area (TPSA) is 23.8 Å². The molecule has 0 aliphatic heterocycles. The third-order valence-corrected chi connectivity index (χ3v) is 1.88. The molecular formula is C9H8F3N. The molecule has 0 saturated carbocycles. The van der Waals surface area contributed by atoms with E-state index in [0.717, 1.165) is 6.08 Å². The molecule has 0 fully saturated rings. The van der Waals surface area contributed by atoms with Crippen LogP contribution in [-0.2, 0) is 0 Å². The summed E-state index contributed by atoms with van der Waals surface area (Å²) in [5.74, 6) is -0.286. The summed E-state index contributed by atoms with van der Waals surface area (Å²) < 4.78 is 36.5. The molecule has 1 aliphatic carbocycles. The summed E-state index contributed by atoms with van der Waals surface area (Å²) in [7, 11) is 0. The Morgan fingerprint density at radius 1 is 1.54 bits per heavy atom. The summed E-state index contributed by atoms with van der Waals surface area (Å²) >= 11 is 0. The molecular weight excluding hydrogens is 179 g/mol. The lowest BCUT2D eigenvalue weighted by atomic mass is 9.92. The van der Waals surface area contributed by atoms with Crippen molar-refractivity contribution in [1.29, 1.82) is 5.26 Å². The average Bonchev–Trinajstić information content (AvgIpc) is 2.04. The van der Waals surface area contributed by atoms with E-state index in [1.807, 2.05) is 6.07 Å². The van der Waals surface area contributed by atoms with Crippen LogP contribution in [0.1, 0.15) is 12.8 Å². The van der Waals surface area contributed by atoms with Gasteiger partial charge in [-0.1, -0.05) is 18.2 Å². The highest BCUT2D eigenvalue weighted by atomic mass is 19.4. The zero-order valence-electron chi connectivity index (χ0n) is 6.80. The van der Waals surface area contributed by atoms with Gasteiger partial charge in [-0.15, -0.1) is 0 Å². The highest BCUT2D eigenvalue weighted by molar-refractivity contribution is 5.23. The number of halogens is 3. The number of alkyl halides is 3. The monoisotopic (exact) mass is 187 g/mol. The van der Waals surface area contributed by atoms with Gasteiger partial charge in [-0.05, 0) is 12.3 Å². The van der Waals surface area contributed by atoms with E-state index in [4.69, 9.17) is 5.26 Å². The Kier molecular flexibility index (Phi) is 2.76. The van der Waals surface area contributed by atoms with Crippen molar-refractivity contribution in [3.63, 3.8) is 0 Å². The van der Waals surface area contributed by atoms with Gasteiger partial charge >= 0.3 is 6.18 Å². The van der Waals surface area contributed by atoms with E-state index in [0.29, 0.717) is 0 Å². The molecule has 0 aromatic rings. The maximum Gasteiger partial charge on any atom is 0.412 e. The quantitative estimate of drug-likeness (QED) is 0.619. The third-order valence-electron chi connectivity index (χ3n) is 1.88. The molecule has 1 aliphatic rings. The number of hydrogen-bond donors (Lipinski definition) is 0. The van der Waals surface area contributed by atoms with Crippen molar-refractivity contribution in [1.82, 2.24) is 0 Å². The van der Waals surface area contributed by atoms with Crippen molar-refractivity contribution in [2.45, 2.75) is 19.0 Å². The first-order chi connectivity index (χ1) is 6.04. The summed E-state index contributed by atoms with van der Waals surface area (Å²) in [5.41, 5.74) is -0.546. The number of nitrogens with zero attached hydrogens (tertiary/aromatic N) is 1. The van der Waals surface area contributed by atoms with Crippen LogP contribution in [0.4, 0.5) is 13.2 Å². The Hall–Kier alpha value is -1.24. The third kappa shape index (κ3) is 2.62. The van der Waals surface area contributed by atoms with Crippen LogP contribution in [-0.4, -0.2) is 6.18 Å². The van der Waals surface area contributed by atoms with Gasteiger partial charge in [0.25, 0.3) is 0 Å². The second-order valence-electron chi connectivity index (χ2n) is 2.90. The minimum Gasteiger partial charge on any atom is -0.198 e. The molecule has 0 N–H and O–H groups in total. The lowest BCUT2D eigenvalue weighted by Gasteiger charge is -2.17. The second-order valence-corrected chi connectivity index (χ2v) is 2.90. The highest BCUT2D eigenvalue weighted by Gasteiger charge is 2.34. The Morgan fingerprint density at radius 2 is 2.23 bits per heavy atom. The van der Waals surface area contributed by atoms with Crippen molar-refractivity contribution >= 4 is 0 Å². The number of rotatable bonds is 1. The van der Waals surface area contributed by atoms with Crippen molar-refractivity contribution < 1.29 is 13.2 Å². The van der Waals surface area contributed by atoms with Gasteiger partial charge in [0.2, 0.25) is 0 Å². The van der Waals surface area contributed by atoms with Crippen LogP contribution in [0, 0.1) is 17.2 Å². The van der Waals surface area contributed by atoms with Crippen LogP contribution < -0.4 is 0 Å². The number of hydrogen-bond acceptors (Lipinski definition) is 1. The molecule has 4 heteroatoms. The lowest BCUT2D eigenvalue weighted by Crippen LogP contribution is -2.16. The van der Waals surface area contributed by atoms with E-state index < -0.39 is 11.7 Å². The van der Waals surface area contributed by atoms with Crippen LogP contribution in [0.2, 0.25) is 0 Å². The first-order valence-corrected chi connectivity index (χ1v) is 3.85. The van der Waals surface area contributed by atoms with Crippen molar-refractivity contribution in [3.05, 3.63) is 23.8 Å². The average molecular weight is 187 g/mol. The minimum absolute atomic E-state index is 0.0758. The van der Waals surface area contributed by atoms with Crippen molar-refractivity contribution in [2.24, 2.45) is 5.92 Å². The number of allylic oxidation sites excluding steroid dienone is 4. The van der Waals surface area contributed by atoms with Gasteiger partial charge in [-0.2, -0.15) is 18.4 Å². The molecule has 0 bridgehead atoms. The van der Waals surface area contributed by atoms with E-state index in [9.17, 15) is 13.2 Å². The Morgan fingerprint density at radius 3 is 2.77 bits per heavy atom. The van der Waals surface area contributed by atoms with E-state index >= 15 is 0 Å². The molecule has 0 spiro atoms. The molecule has 70 valence electrons. The summed E-state index contributed by atoms with van der Waals surface area (Å²) in [4.78, 5) is 0. The molecule has 1 unspecified atom stereocenters. The van der Waals surface area contributed by atoms with Gasteiger partial charge in [-0.25, -0.2) is 0 Å². The van der Waals surface area contributed by atoms with E-state index in [2.05, 4.69) is 0 Å². The van der Waals surface area contributed by atoms with Gasteiger partial charge in [0, 0.05) is 12.0 Å². The Labute approximate surface area is 74.2 Å². The predicted molar refractivity (Wildman–Crippen MR) is 41.6 cm³/mol. The van der Waals surface area contributed by atoms with Crippen LogP contribution in [0.5, 0.6) is 0 Å². The van der Waals surface area contributed by atoms with E-state index in [-0.39, 0.29) is 18.8 Å². The molecule has 0 heterocycles. The molecule has 0 saturated heterocycles. The summed E-state index contributed by atoms with van der Waals surface area (Å²) in [5, 5.41) is 8.32. The summed E-state index contributed by atoms with van der Waals surface area (Å²) in [6, 6.07) is 1.86. The maximum absolute atomic E-state index is 12.2. The predicted octanol–water partition coefficient (Wildman–Crippen LogP) is 2.96. The molecule has 1 atom stereocenters. The molecule has 0 radical (unpaired) electrons. The molecule has 0 aromatic carbocycles. The molecule has 0 aromatic heterocycles. The highest BCUT2D eigenvalue weighted by Crippen LogP contribution is 2.33. The minimum atomic E-state index is -4.25. The van der Waals surface area contributed by atoms with Gasteiger partial charge < -0.3 is 0 Å². The standard InChI is InChI=1S/C9H8F3N/c10-9(11,12)8-3-1-2-7(6-8)4-5-13/h1-3,7H,4,6H2. The van der Waals surface area contributed by atoms with Crippen LogP contribution >= 0.6 is 0 Å². The maximum atomic E-state index is 12.2. The van der Waals surface area contributed by atoms with Gasteiger partial charge in [0.05, 0.1) is 6.07 Å². The summed E-state index contributed by atoms with van der Waals surface area (Å²) in [6.45, 7) is 0. The van der Waals surface area contributed by atoms with E-state index in [1.165, 1.54) is 6.08 Å². The SMILES string of the molecule is N#CCC1C=CC=C(C(F)(F)F)C1. The van der Waals surface area contributed by atoms with Crippen LogP contribution in [0.3, 0.4) is 0 Å². The second kappa shape index (κ2) is 3.65. The van der Waals surface area contributed by atoms with Crippen LogP contribution in [0.25, 0.3) is 0 Å². The normalized spacial score (nSPS) is 22.3. The first-order valence-electron chi connectivity index (χ1n) is 3.85. The first kappa shape index (κ1) is 9.85. The smallest absolute Gasteiger partial charge is 0.198 e. The Balaban J connectivity index is 2.68. The molecule has 1 nitrogen and oxygen atoms in total. The van der Waals surface area contributed by atoms with Gasteiger partial charge in [0.15, 0.2) is 0 Å². The number of nitriles is 1. The van der Waals surface area contributed by atoms with Crippen LogP contribution in [0.15, 0.2) is 23.8 Å². The van der Waals surface area contributed by atoms with Crippen molar-refractivity contribution in [3.8, 4) is 6.07 Å².